The number of hydrogen-bond acceptors (Lipinski definition) is 5. The first-order valence-electron chi connectivity index (χ1n) is 4.88. The van der Waals surface area contributed by atoms with E-state index in [0.717, 1.165) is 0 Å². The van der Waals surface area contributed by atoms with E-state index in [2.05, 4.69) is 10.5 Å². The number of carboxylic acid groups (broad SMARTS) is 1. The number of aromatic carboxylic acids is 1. The number of rotatable bonds is 7. The first-order chi connectivity index (χ1) is 7.63. The third kappa shape index (κ3) is 4.11. The number of nitrogens with zero attached hydrogens (tertiary/aromatic N) is 1. The van der Waals surface area contributed by atoms with Crippen LogP contribution < -0.4 is 5.32 Å². The Kier molecular flexibility index (Phi) is 5.13. The van der Waals surface area contributed by atoms with E-state index in [4.69, 9.17) is 9.63 Å². The Labute approximate surface area is 95.5 Å². The van der Waals surface area contributed by atoms with Gasteiger partial charge in [-0.25, -0.2) is 4.79 Å². The Balaban J connectivity index is 2.27. The van der Waals surface area contributed by atoms with Crippen LogP contribution in [-0.2, 0) is 17.3 Å². The van der Waals surface area contributed by atoms with Crippen LogP contribution in [0.4, 0.5) is 0 Å². The number of hydrogen-bond donors (Lipinski definition) is 2. The van der Waals surface area contributed by atoms with Crippen LogP contribution in [-0.4, -0.2) is 38.5 Å². The quantitative estimate of drug-likeness (QED) is 0.669. The van der Waals surface area contributed by atoms with Gasteiger partial charge in [-0.2, -0.15) is 0 Å². The van der Waals surface area contributed by atoms with Gasteiger partial charge < -0.3 is 14.9 Å². The molecule has 0 bridgehead atoms. The van der Waals surface area contributed by atoms with E-state index in [1.54, 1.807) is 0 Å². The van der Waals surface area contributed by atoms with Gasteiger partial charge in [-0.1, -0.05) is 12.1 Å². The summed E-state index contributed by atoms with van der Waals surface area (Å²) in [6.07, 6.45) is 0. The summed E-state index contributed by atoms with van der Waals surface area (Å²) < 4.78 is 15.9. The standard InChI is InChI=1S/C9H14N2O4S/c1-2-16(14)4-3-10-6-7-5-8(9(12)13)11-15-7/h5,10H,2-4,6H2,1H3,(H,12,13). The topological polar surface area (TPSA) is 92.4 Å². The Hall–Kier alpha value is -1.21. The highest BCUT2D eigenvalue weighted by Crippen LogP contribution is 2.02. The van der Waals surface area contributed by atoms with Crippen molar-refractivity contribution in [2.45, 2.75) is 13.5 Å². The Morgan fingerprint density at radius 2 is 2.44 bits per heavy atom. The molecule has 16 heavy (non-hydrogen) atoms. The molecule has 1 atom stereocenters. The lowest BCUT2D eigenvalue weighted by Gasteiger charge is -2.00. The molecule has 0 aliphatic carbocycles. The SMILES string of the molecule is CCS(=O)CCNCc1cc(C(=O)O)no1. The van der Waals surface area contributed by atoms with Crippen LogP contribution in [0.5, 0.6) is 0 Å². The fourth-order valence-corrected chi connectivity index (χ4v) is 1.70. The van der Waals surface area contributed by atoms with Gasteiger partial charge in [0, 0.05) is 34.9 Å². The van der Waals surface area contributed by atoms with Crippen molar-refractivity contribution in [3.63, 3.8) is 0 Å². The molecule has 0 aliphatic heterocycles. The van der Waals surface area contributed by atoms with Crippen molar-refractivity contribution >= 4 is 16.8 Å². The summed E-state index contributed by atoms with van der Waals surface area (Å²) in [7, 11) is -0.790. The summed E-state index contributed by atoms with van der Waals surface area (Å²) in [5.74, 6) is 0.575. The van der Waals surface area contributed by atoms with Gasteiger partial charge in [0.1, 0.15) is 0 Å². The maximum absolute atomic E-state index is 11.1. The molecule has 1 unspecified atom stereocenters. The summed E-state index contributed by atoms with van der Waals surface area (Å²) in [6, 6.07) is 1.37. The minimum absolute atomic E-state index is 0.103. The summed E-state index contributed by atoms with van der Waals surface area (Å²) in [5, 5.41) is 15.0. The van der Waals surface area contributed by atoms with E-state index in [0.29, 0.717) is 30.4 Å². The largest absolute Gasteiger partial charge is 0.476 e. The highest BCUT2D eigenvalue weighted by molar-refractivity contribution is 7.84. The first-order valence-corrected chi connectivity index (χ1v) is 6.37. The summed E-state index contributed by atoms with van der Waals surface area (Å²) in [4.78, 5) is 10.5. The molecule has 90 valence electrons. The van der Waals surface area contributed by atoms with Crippen molar-refractivity contribution in [3.8, 4) is 0 Å². The molecule has 1 aromatic heterocycles. The zero-order valence-electron chi connectivity index (χ0n) is 8.93. The predicted octanol–water partition coefficient (Wildman–Crippen LogP) is 0.231. The minimum atomic E-state index is -1.11. The molecule has 0 amide bonds. The lowest BCUT2D eigenvalue weighted by molar-refractivity contribution is 0.0685. The number of carbonyl (C=O) groups is 1. The average molecular weight is 246 g/mol. The van der Waals surface area contributed by atoms with Crippen molar-refractivity contribution in [1.29, 1.82) is 0 Å². The monoisotopic (exact) mass is 246 g/mol. The number of nitrogens with one attached hydrogen (secondary N) is 1. The molecule has 0 saturated carbocycles. The molecule has 1 rings (SSSR count). The van der Waals surface area contributed by atoms with Crippen LogP contribution in [0.1, 0.15) is 23.2 Å². The normalized spacial score (nSPS) is 12.6. The maximum Gasteiger partial charge on any atom is 0.358 e. The third-order valence-corrected chi connectivity index (χ3v) is 3.21. The second kappa shape index (κ2) is 6.39. The van der Waals surface area contributed by atoms with Crippen molar-refractivity contribution in [3.05, 3.63) is 17.5 Å². The van der Waals surface area contributed by atoms with Gasteiger partial charge in [0.15, 0.2) is 11.5 Å². The number of aromatic nitrogens is 1. The van der Waals surface area contributed by atoms with Gasteiger partial charge in [0.05, 0.1) is 6.54 Å². The van der Waals surface area contributed by atoms with Crippen LogP contribution in [0.3, 0.4) is 0 Å². The van der Waals surface area contributed by atoms with Gasteiger partial charge in [0.25, 0.3) is 0 Å². The lowest BCUT2D eigenvalue weighted by atomic mass is 10.3. The Morgan fingerprint density at radius 1 is 1.69 bits per heavy atom. The van der Waals surface area contributed by atoms with Crippen LogP contribution in [0.25, 0.3) is 0 Å². The van der Waals surface area contributed by atoms with Gasteiger partial charge in [-0.3, -0.25) is 4.21 Å². The maximum atomic E-state index is 11.1. The van der Waals surface area contributed by atoms with Crippen LogP contribution in [0, 0.1) is 0 Å². The molecule has 0 spiro atoms. The van der Waals surface area contributed by atoms with Crippen LogP contribution >= 0.6 is 0 Å². The summed E-state index contributed by atoms with van der Waals surface area (Å²) in [6.45, 7) is 2.86. The molecule has 1 aromatic rings. The van der Waals surface area contributed by atoms with Crippen LogP contribution in [0.15, 0.2) is 10.6 Å². The van der Waals surface area contributed by atoms with Gasteiger partial charge in [-0.15, -0.1) is 0 Å². The van der Waals surface area contributed by atoms with Gasteiger partial charge >= 0.3 is 5.97 Å². The number of carboxylic acids is 1. The molecule has 1 heterocycles. The zero-order chi connectivity index (χ0) is 12.0. The Bertz CT molecular complexity index is 377. The Morgan fingerprint density at radius 3 is 3.00 bits per heavy atom. The summed E-state index contributed by atoms with van der Waals surface area (Å²) >= 11 is 0. The molecular weight excluding hydrogens is 232 g/mol. The minimum Gasteiger partial charge on any atom is -0.476 e. The average Bonchev–Trinajstić information content (AvgIpc) is 2.72. The molecular formula is C9H14N2O4S. The zero-order valence-corrected chi connectivity index (χ0v) is 9.75. The van der Waals surface area contributed by atoms with E-state index < -0.39 is 16.8 Å². The smallest absolute Gasteiger partial charge is 0.358 e. The molecule has 0 fully saturated rings. The summed E-state index contributed by atoms with van der Waals surface area (Å²) in [5.41, 5.74) is -0.103. The predicted molar refractivity (Wildman–Crippen MR) is 58.7 cm³/mol. The van der Waals surface area contributed by atoms with E-state index in [1.165, 1.54) is 6.07 Å². The fraction of sp³-hybridized carbons (Fsp3) is 0.556. The second-order valence-electron chi connectivity index (χ2n) is 3.09. The van der Waals surface area contributed by atoms with E-state index in [-0.39, 0.29) is 5.69 Å². The molecule has 7 heteroatoms. The molecule has 0 aromatic carbocycles. The molecule has 2 N–H and O–H groups in total. The third-order valence-electron chi connectivity index (χ3n) is 1.91. The molecule has 6 nitrogen and oxygen atoms in total. The van der Waals surface area contributed by atoms with Crippen molar-refractivity contribution in [1.82, 2.24) is 10.5 Å². The second-order valence-corrected chi connectivity index (χ2v) is 4.96. The van der Waals surface area contributed by atoms with E-state index in [1.807, 2.05) is 6.92 Å². The van der Waals surface area contributed by atoms with Crippen molar-refractivity contribution in [2.24, 2.45) is 0 Å². The molecule has 0 aliphatic rings. The fourth-order valence-electron chi connectivity index (χ4n) is 1.04. The highest BCUT2D eigenvalue weighted by Gasteiger charge is 2.09. The van der Waals surface area contributed by atoms with Gasteiger partial charge in [0.2, 0.25) is 0 Å². The van der Waals surface area contributed by atoms with E-state index >= 15 is 0 Å². The van der Waals surface area contributed by atoms with Crippen molar-refractivity contribution < 1.29 is 18.6 Å². The van der Waals surface area contributed by atoms with Crippen molar-refractivity contribution in [2.75, 3.05) is 18.1 Å². The highest BCUT2D eigenvalue weighted by atomic mass is 32.2. The van der Waals surface area contributed by atoms with E-state index in [9.17, 15) is 9.00 Å². The van der Waals surface area contributed by atoms with Gasteiger partial charge in [-0.05, 0) is 0 Å². The van der Waals surface area contributed by atoms with Crippen LogP contribution in [0.2, 0.25) is 0 Å². The first kappa shape index (κ1) is 12.9. The molecule has 0 radical (unpaired) electrons. The lowest BCUT2D eigenvalue weighted by Crippen LogP contribution is -2.20. The molecule has 0 saturated heterocycles.